The summed E-state index contributed by atoms with van der Waals surface area (Å²) in [4.78, 5) is 25.4. The van der Waals surface area contributed by atoms with Crippen LogP contribution in [0, 0.1) is 0 Å². The second-order valence-electron chi connectivity index (χ2n) is 2.75. The summed E-state index contributed by atoms with van der Waals surface area (Å²) in [5.74, 6) is -1.33. The van der Waals surface area contributed by atoms with Crippen LogP contribution in [-0.4, -0.2) is 28.6 Å². The van der Waals surface area contributed by atoms with Crippen LogP contribution in [0.15, 0.2) is 5.38 Å². The van der Waals surface area contributed by atoms with E-state index in [0.717, 1.165) is 11.3 Å². The summed E-state index contributed by atoms with van der Waals surface area (Å²) >= 11 is 1.06. The SMILES string of the molecule is CCOC(=O)CCc1csc(C(=O)O)n1. The van der Waals surface area contributed by atoms with Crippen LogP contribution < -0.4 is 0 Å². The molecule has 6 heteroatoms. The van der Waals surface area contributed by atoms with Gasteiger partial charge in [0.05, 0.1) is 18.7 Å². The average Bonchev–Trinajstić information content (AvgIpc) is 2.63. The van der Waals surface area contributed by atoms with Gasteiger partial charge in [-0.1, -0.05) is 0 Å². The van der Waals surface area contributed by atoms with Crippen molar-refractivity contribution in [3.8, 4) is 0 Å². The van der Waals surface area contributed by atoms with Crippen LogP contribution in [0.25, 0.3) is 0 Å². The van der Waals surface area contributed by atoms with Gasteiger partial charge in [-0.15, -0.1) is 11.3 Å². The van der Waals surface area contributed by atoms with Gasteiger partial charge in [0.1, 0.15) is 0 Å². The normalized spacial score (nSPS) is 9.93. The van der Waals surface area contributed by atoms with E-state index in [2.05, 4.69) is 4.98 Å². The first kappa shape index (κ1) is 11.6. The maximum Gasteiger partial charge on any atom is 0.365 e. The summed E-state index contributed by atoms with van der Waals surface area (Å²) < 4.78 is 4.74. The molecule has 0 radical (unpaired) electrons. The smallest absolute Gasteiger partial charge is 0.365 e. The molecule has 1 aromatic rings. The topological polar surface area (TPSA) is 76.5 Å². The van der Waals surface area contributed by atoms with E-state index in [1.807, 2.05) is 0 Å². The lowest BCUT2D eigenvalue weighted by atomic mass is 10.2. The maximum atomic E-state index is 11.0. The predicted octanol–water partition coefficient (Wildman–Crippen LogP) is 1.34. The second-order valence-corrected chi connectivity index (χ2v) is 3.61. The zero-order valence-electron chi connectivity index (χ0n) is 8.23. The van der Waals surface area contributed by atoms with Gasteiger partial charge in [0.15, 0.2) is 0 Å². The molecule has 15 heavy (non-hydrogen) atoms. The summed E-state index contributed by atoms with van der Waals surface area (Å²) in [6.07, 6.45) is 0.652. The number of rotatable bonds is 5. The number of nitrogens with zero attached hydrogens (tertiary/aromatic N) is 1. The van der Waals surface area contributed by atoms with Gasteiger partial charge in [-0.3, -0.25) is 4.79 Å². The van der Waals surface area contributed by atoms with Gasteiger partial charge in [0.25, 0.3) is 0 Å². The van der Waals surface area contributed by atoms with Crippen molar-refractivity contribution in [2.75, 3.05) is 6.61 Å². The highest BCUT2D eigenvalue weighted by Crippen LogP contribution is 2.11. The van der Waals surface area contributed by atoms with Crippen molar-refractivity contribution in [1.82, 2.24) is 4.98 Å². The largest absolute Gasteiger partial charge is 0.476 e. The molecule has 0 aliphatic heterocycles. The highest BCUT2D eigenvalue weighted by Gasteiger charge is 2.10. The van der Waals surface area contributed by atoms with Gasteiger partial charge in [-0.25, -0.2) is 9.78 Å². The molecule has 0 fully saturated rings. The number of carbonyl (C=O) groups is 2. The minimum atomic E-state index is -1.04. The highest BCUT2D eigenvalue weighted by molar-refractivity contribution is 7.11. The van der Waals surface area contributed by atoms with Crippen molar-refractivity contribution in [2.24, 2.45) is 0 Å². The monoisotopic (exact) mass is 229 g/mol. The Labute approximate surface area is 90.7 Å². The molecular weight excluding hydrogens is 218 g/mol. The number of hydrogen-bond acceptors (Lipinski definition) is 5. The molecule has 0 bridgehead atoms. The van der Waals surface area contributed by atoms with E-state index in [9.17, 15) is 9.59 Å². The van der Waals surface area contributed by atoms with Crippen molar-refractivity contribution in [3.63, 3.8) is 0 Å². The first-order valence-corrected chi connectivity index (χ1v) is 5.34. The van der Waals surface area contributed by atoms with E-state index in [1.54, 1.807) is 12.3 Å². The van der Waals surface area contributed by atoms with Crippen molar-refractivity contribution in [2.45, 2.75) is 19.8 Å². The van der Waals surface area contributed by atoms with E-state index in [4.69, 9.17) is 9.84 Å². The molecule has 0 aliphatic rings. The molecule has 0 saturated heterocycles. The molecule has 1 N–H and O–H groups in total. The molecule has 0 aliphatic carbocycles. The van der Waals surface area contributed by atoms with Crippen molar-refractivity contribution in [1.29, 1.82) is 0 Å². The maximum absolute atomic E-state index is 11.0. The van der Waals surface area contributed by atoms with Crippen LogP contribution in [-0.2, 0) is 16.0 Å². The number of ether oxygens (including phenoxy) is 1. The molecule has 0 unspecified atom stereocenters. The van der Waals surface area contributed by atoms with Gasteiger partial charge in [0.2, 0.25) is 5.01 Å². The number of hydrogen-bond donors (Lipinski definition) is 1. The number of carboxylic acids is 1. The molecule has 0 spiro atoms. The fourth-order valence-electron chi connectivity index (χ4n) is 0.983. The second kappa shape index (κ2) is 5.45. The van der Waals surface area contributed by atoms with Crippen LogP contribution in [0.5, 0.6) is 0 Å². The fraction of sp³-hybridized carbons (Fsp3) is 0.444. The first-order chi connectivity index (χ1) is 7.13. The predicted molar refractivity (Wildman–Crippen MR) is 54.0 cm³/mol. The quantitative estimate of drug-likeness (QED) is 0.771. The van der Waals surface area contributed by atoms with Crippen LogP contribution >= 0.6 is 11.3 Å². The Morgan fingerprint density at radius 3 is 2.87 bits per heavy atom. The lowest BCUT2D eigenvalue weighted by Gasteiger charge is -1.98. The molecule has 1 rings (SSSR count). The summed E-state index contributed by atoms with van der Waals surface area (Å²) in [6.45, 7) is 2.10. The molecule has 82 valence electrons. The molecule has 1 aromatic heterocycles. The molecule has 5 nitrogen and oxygen atoms in total. The van der Waals surface area contributed by atoms with Crippen molar-refractivity contribution in [3.05, 3.63) is 16.1 Å². The zero-order valence-corrected chi connectivity index (χ0v) is 9.04. The molecule has 0 atom stereocenters. The third-order valence-electron chi connectivity index (χ3n) is 1.63. The van der Waals surface area contributed by atoms with Gasteiger partial charge < -0.3 is 9.84 Å². The Morgan fingerprint density at radius 1 is 1.60 bits per heavy atom. The number of esters is 1. The third kappa shape index (κ3) is 3.67. The van der Waals surface area contributed by atoms with Gasteiger partial charge in [0, 0.05) is 11.8 Å². The first-order valence-electron chi connectivity index (χ1n) is 4.46. The lowest BCUT2D eigenvalue weighted by Crippen LogP contribution is -2.05. The molecule has 0 saturated carbocycles. The van der Waals surface area contributed by atoms with Gasteiger partial charge in [-0.05, 0) is 6.92 Å². The van der Waals surface area contributed by atoms with E-state index in [-0.39, 0.29) is 17.4 Å². The summed E-state index contributed by atoms with van der Waals surface area (Å²) in [7, 11) is 0. The number of aromatic nitrogens is 1. The van der Waals surface area contributed by atoms with Crippen LogP contribution in [0.3, 0.4) is 0 Å². The minimum Gasteiger partial charge on any atom is -0.476 e. The Kier molecular flexibility index (Phi) is 4.23. The molecule has 0 amide bonds. The van der Waals surface area contributed by atoms with Crippen LogP contribution in [0.4, 0.5) is 0 Å². The fourth-order valence-corrected chi connectivity index (χ4v) is 1.67. The van der Waals surface area contributed by atoms with Crippen molar-refractivity contribution < 1.29 is 19.4 Å². The zero-order chi connectivity index (χ0) is 11.3. The summed E-state index contributed by atoms with van der Waals surface area (Å²) in [5, 5.41) is 10.3. The number of thiazole rings is 1. The van der Waals surface area contributed by atoms with Gasteiger partial charge >= 0.3 is 11.9 Å². The number of aromatic carboxylic acids is 1. The van der Waals surface area contributed by atoms with E-state index in [0.29, 0.717) is 18.7 Å². The Bertz CT molecular complexity index is 361. The van der Waals surface area contributed by atoms with Crippen LogP contribution in [0.2, 0.25) is 0 Å². The van der Waals surface area contributed by atoms with E-state index < -0.39 is 5.97 Å². The van der Waals surface area contributed by atoms with Crippen molar-refractivity contribution >= 4 is 23.3 Å². The average molecular weight is 229 g/mol. The van der Waals surface area contributed by atoms with E-state index in [1.165, 1.54) is 0 Å². The van der Waals surface area contributed by atoms with Crippen LogP contribution in [0.1, 0.15) is 28.8 Å². The Balaban J connectivity index is 2.44. The lowest BCUT2D eigenvalue weighted by molar-refractivity contribution is -0.143. The number of aryl methyl sites for hydroxylation is 1. The number of carbonyl (C=O) groups excluding carboxylic acids is 1. The van der Waals surface area contributed by atoms with Gasteiger partial charge in [-0.2, -0.15) is 0 Å². The number of carboxylic acid groups (broad SMARTS) is 1. The molecular formula is C9H11NO4S. The summed E-state index contributed by atoms with van der Waals surface area (Å²) in [5.41, 5.74) is 0.616. The van der Waals surface area contributed by atoms with E-state index >= 15 is 0 Å². The Morgan fingerprint density at radius 2 is 2.33 bits per heavy atom. The standard InChI is InChI=1S/C9H11NO4S/c1-2-14-7(11)4-3-6-5-15-8(10-6)9(12)13/h5H,2-4H2,1H3,(H,12,13). The highest BCUT2D eigenvalue weighted by atomic mass is 32.1. The molecule has 0 aromatic carbocycles. The Hall–Kier alpha value is -1.43. The third-order valence-corrected chi connectivity index (χ3v) is 2.50. The minimum absolute atomic E-state index is 0.0499. The molecule has 1 heterocycles. The summed E-state index contributed by atoms with van der Waals surface area (Å²) in [6, 6.07) is 0.